The van der Waals surface area contributed by atoms with E-state index in [9.17, 15) is 4.79 Å². The van der Waals surface area contributed by atoms with Crippen LogP contribution in [0.1, 0.15) is 23.0 Å². The molecule has 1 heterocycles. The minimum atomic E-state index is 0.105. The second kappa shape index (κ2) is 5.23. The van der Waals surface area contributed by atoms with E-state index in [2.05, 4.69) is 10.3 Å². The zero-order valence-corrected chi connectivity index (χ0v) is 11.0. The Kier molecular flexibility index (Phi) is 3.67. The van der Waals surface area contributed by atoms with Crippen LogP contribution in [0.4, 0.5) is 0 Å². The minimum Gasteiger partial charge on any atom is -0.497 e. The van der Waals surface area contributed by atoms with Gasteiger partial charge in [-0.2, -0.15) is 0 Å². The fraction of sp³-hybridized carbons (Fsp3) is 0.357. The molecule has 0 aliphatic heterocycles. The van der Waals surface area contributed by atoms with Gasteiger partial charge in [-0.05, 0) is 31.7 Å². The molecule has 4 nitrogen and oxygen atoms in total. The lowest BCUT2D eigenvalue weighted by Crippen LogP contribution is -2.22. The average Bonchev–Trinajstić information content (AvgIpc) is 2.70. The molecule has 96 valence electrons. The number of rotatable bonds is 5. The molecule has 0 bridgehead atoms. The number of Topliss-reactive ketones (excluding diaryl/α,β-unsaturated/α-hetero) is 1. The topological polar surface area (TPSA) is 54.1 Å². The minimum absolute atomic E-state index is 0.105. The fourth-order valence-electron chi connectivity index (χ4n) is 2.12. The quantitative estimate of drug-likeness (QED) is 0.796. The predicted octanol–water partition coefficient (Wildman–Crippen LogP) is 2.28. The SMILES string of the molecule is CCNCC(=O)c1c(C)[nH]c2ccc(OC)cc12. The van der Waals surface area contributed by atoms with Crippen molar-refractivity contribution in [3.63, 3.8) is 0 Å². The maximum Gasteiger partial charge on any atom is 0.179 e. The highest BCUT2D eigenvalue weighted by atomic mass is 16.5. The summed E-state index contributed by atoms with van der Waals surface area (Å²) in [5, 5.41) is 3.99. The fourth-order valence-corrected chi connectivity index (χ4v) is 2.12. The van der Waals surface area contributed by atoms with Crippen LogP contribution >= 0.6 is 0 Å². The second-order valence-corrected chi connectivity index (χ2v) is 4.24. The number of ether oxygens (including phenoxy) is 1. The third kappa shape index (κ3) is 2.24. The van der Waals surface area contributed by atoms with E-state index in [1.165, 1.54) is 0 Å². The number of hydrogen-bond acceptors (Lipinski definition) is 3. The van der Waals surface area contributed by atoms with E-state index in [1.54, 1.807) is 7.11 Å². The zero-order chi connectivity index (χ0) is 13.1. The van der Waals surface area contributed by atoms with Crippen LogP contribution in [-0.4, -0.2) is 31.0 Å². The summed E-state index contributed by atoms with van der Waals surface area (Å²) in [5.74, 6) is 0.868. The molecule has 2 N–H and O–H groups in total. The number of ketones is 1. The number of H-pyrrole nitrogens is 1. The standard InChI is InChI=1S/C14H18N2O2/c1-4-15-8-13(17)14-9(2)16-12-6-5-10(18-3)7-11(12)14/h5-7,15-16H,4,8H2,1-3H3. The summed E-state index contributed by atoms with van der Waals surface area (Å²) < 4.78 is 5.21. The highest BCUT2D eigenvalue weighted by molar-refractivity contribution is 6.10. The number of benzene rings is 1. The summed E-state index contributed by atoms with van der Waals surface area (Å²) in [5.41, 5.74) is 2.62. The molecule has 0 fully saturated rings. The Balaban J connectivity index is 2.47. The summed E-state index contributed by atoms with van der Waals surface area (Å²) in [7, 11) is 1.63. The summed E-state index contributed by atoms with van der Waals surface area (Å²) in [4.78, 5) is 15.4. The van der Waals surface area contributed by atoms with Crippen molar-refractivity contribution >= 4 is 16.7 Å². The van der Waals surface area contributed by atoms with Crippen LogP contribution in [0.15, 0.2) is 18.2 Å². The first-order chi connectivity index (χ1) is 8.67. The number of aromatic nitrogens is 1. The molecule has 1 aromatic heterocycles. The molecule has 0 saturated carbocycles. The number of fused-ring (bicyclic) bond motifs is 1. The van der Waals surface area contributed by atoms with E-state index in [1.807, 2.05) is 32.0 Å². The molecule has 0 atom stereocenters. The first-order valence-electron chi connectivity index (χ1n) is 6.07. The summed E-state index contributed by atoms with van der Waals surface area (Å²) in [6.07, 6.45) is 0. The largest absolute Gasteiger partial charge is 0.497 e. The van der Waals surface area contributed by atoms with E-state index >= 15 is 0 Å². The Morgan fingerprint density at radius 3 is 2.89 bits per heavy atom. The van der Waals surface area contributed by atoms with Crippen molar-refractivity contribution in [3.8, 4) is 5.75 Å². The molecule has 4 heteroatoms. The van der Waals surface area contributed by atoms with Crippen molar-refractivity contribution in [2.24, 2.45) is 0 Å². The van der Waals surface area contributed by atoms with Gasteiger partial charge in [0.15, 0.2) is 5.78 Å². The molecule has 0 saturated heterocycles. The molecule has 0 aliphatic carbocycles. The molecule has 0 radical (unpaired) electrons. The lowest BCUT2D eigenvalue weighted by Gasteiger charge is -2.03. The van der Waals surface area contributed by atoms with Gasteiger partial charge >= 0.3 is 0 Å². The van der Waals surface area contributed by atoms with Crippen molar-refractivity contribution in [3.05, 3.63) is 29.5 Å². The number of nitrogens with one attached hydrogen (secondary N) is 2. The van der Waals surface area contributed by atoms with E-state index in [0.717, 1.165) is 34.5 Å². The molecule has 0 spiro atoms. The van der Waals surface area contributed by atoms with Gasteiger partial charge in [-0.25, -0.2) is 0 Å². The van der Waals surface area contributed by atoms with Gasteiger partial charge in [0.2, 0.25) is 0 Å². The van der Waals surface area contributed by atoms with Crippen LogP contribution < -0.4 is 10.1 Å². The summed E-state index contributed by atoms with van der Waals surface area (Å²) in [6.45, 7) is 5.06. The Bertz CT molecular complexity index is 572. The van der Waals surface area contributed by atoms with E-state index in [-0.39, 0.29) is 5.78 Å². The number of methoxy groups -OCH3 is 1. The maximum absolute atomic E-state index is 12.2. The number of carbonyl (C=O) groups is 1. The Hall–Kier alpha value is -1.81. The van der Waals surface area contributed by atoms with Crippen LogP contribution in [0.5, 0.6) is 5.75 Å². The molecular weight excluding hydrogens is 228 g/mol. The molecule has 1 aromatic carbocycles. The monoisotopic (exact) mass is 246 g/mol. The van der Waals surface area contributed by atoms with Crippen LogP contribution in [0.3, 0.4) is 0 Å². The number of aromatic amines is 1. The molecule has 0 aliphatic rings. The van der Waals surface area contributed by atoms with Crippen LogP contribution in [-0.2, 0) is 0 Å². The van der Waals surface area contributed by atoms with Gasteiger partial charge in [0.1, 0.15) is 5.75 Å². The third-order valence-corrected chi connectivity index (χ3v) is 3.01. The average molecular weight is 246 g/mol. The highest BCUT2D eigenvalue weighted by Crippen LogP contribution is 2.26. The van der Waals surface area contributed by atoms with E-state index in [0.29, 0.717) is 6.54 Å². The summed E-state index contributed by atoms with van der Waals surface area (Å²) in [6, 6.07) is 5.72. The Morgan fingerprint density at radius 2 is 2.22 bits per heavy atom. The van der Waals surface area contributed by atoms with Crippen molar-refractivity contribution in [2.45, 2.75) is 13.8 Å². The van der Waals surface area contributed by atoms with Gasteiger partial charge in [0, 0.05) is 22.2 Å². The lowest BCUT2D eigenvalue weighted by atomic mass is 10.1. The van der Waals surface area contributed by atoms with Crippen molar-refractivity contribution in [2.75, 3.05) is 20.2 Å². The zero-order valence-electron chi connectivity index (χ0n) is 11.0. The maximum atomic E-state index is 12.2. The number of carbonyl (C=O) groups excluding carboxylic acids is 1. The second-order valence-electron chi connectivity index (χ2n) is 4.24. The molecule has 0 amide bonds. The van der Waals surface area contributed by atoms with E-state index < -0.39 is 0 Å². The molecule has 2 rings (SSSR count). The number of aryl methyl sites for hydroxylation is 1. The molecular formula is C14H18N2O2. The van der Waals surface area contributed by atoms with Crippen LogP contribution in [0, 0.1) is 6.92 Å². The van der Waals surface area contributed by atoms with Crippen molar-refractivity contribution in [1.82, 2.24) is 10.3 Å². The molecule has 0 unspecified atom stereocenters. The Labute approximate surface area is 106 Å². The van der Waals surface area contributed by atoms with Gasteiger partial charge < -0.3 is 15.0 Å². The highest BCUT2D eigenvalue weighted by Gasteiger charge is 2.15. The van der Waals surface area contributed by atoms with Gasteiger partial charge in [0.25, 0.3) is 0 Å². The smallest absolute Gasteiger partial charge is 0.179 e. The normalized spacial score (nSPS) is 10.8. The van der Waals surface area contributed by atoms with Crippen molar-refractivity contribution in [1.29, 1.82) is 0 Å². The van der Waals surface area contributed by atoms with Crippen LogP contribution in [0.25, 0.3) is 10.9 Å². The molecule has 18 heavy (non-hydrogen) atoms. The van der Waals surface area contributed by atoms with Gasteiger partial charge in [-0.15, -0.1) is 0 Å². The number of likely N-dealkylation sites (N-methyl/N-ethyl adjacent to an activating group) is 1. The number of hydrogen-bond donors (Lipinski definition) is 2. The van der Waals surface area contributed by atoms with Crippen molar-refractivity contribution < 1.29 is 9.53 Å². The van der Waals surface area contributed by atoms with Gasteiger partial charge in [-0.1, -0.05) is 6.92 Å². The predicted molar refractivity (Wildman–Crippen MR) is 72.5 cm³/mol. The molecule has 2 aromatic rings. The summed E-state index contributed by atoms with van der Waals surface area (Å²) >= 11 is 0. The first kappa shape index (κ1) is 12.6. The third-order valence-electron chi connectivity index (χ3n) is 3.01. The Morgan fingerprint density at radius 1 is 1.44 bits per heavy atom. The van der Waals surface area contributed by atoms with Gasteiger partial charge in [-0.3, -0.25) is 4.79 Å². The van der Waals surface area contributed by atoms with E-state index in [4.69, 9.17) is 4.74 Å². The van der Waals surface area contributed by atoms with Crippen LogP contribution in [0.2, 0.25) is 0 Å². The van der Waals surface area contributed by atoms with Gasteiger partial charge in [0.05, 0.1) is 13.7 Å². The first-order valence-corrected chi connectivity index (χ1v) is 6.07. The lowest BCUT2D eigenvalue weighted by molar-refractivity contribution is 0.0993.